The lowest BCUT2D eigenvalue weighted by molar-refractivity contribution is -0.157. The van der Waals surface area contributed by atoms with Crippen LogP contribution in [0.25, 0.3) is 10.9 Å². The van der Waals surface area contributed by atoms with Gasteiger partial charge in [0.05, 0.1) is 23.8 Å². The molecule has 6 nitrogen and oxygen atoms in total. The lowest BCUT2D eigenvalue weighted by Crippen LogP contribution is -2.42. The number of carboxylic acid groups (broad SMARTS) is 1. The molecule has 1 heterocycles. The summed E-state index contributed by atoms with van der Waals surface area (Å²) >= 11 is 0. The number of para-hydroxylation sites is 1. The van der Waals surface area contributed by atoms with Crippen molar-refractivity contribution in [3.63, 3.8) is 0 Å². The molecule has 1 aromatic heterocycles. The second-order valence-corrected chi connectivity index (χ2v) is 4.27. The van der Waals surface area contributed by atoms with E-state index < -0.39 is 11.6 Å². The molecular weight excluding hydrogens is 236 g/mol. The molecule has 6 heteroatoms. The van der Waals surface area contributed by atoms with E-state index in [1.54, 1.807) is 24.3 Å². The largest absolute Gasteiger partial charge is 0.479 e. The van der Waals surface area contributed by atoms with Gasteiger partial charge in [-0.3, -0.25) is 9.36 Å². The van der Waals surface area contributed by atoms with E-state index in [2.05, 4.69) is 4.98 Å². The minimum atomic E-state index is -2.01. The van der Waals surface area contributed by atoms with Crippen LogP contribution in [0.5, 0.6) is 0 Å². The summed E-state index contributed by atoms with van der Waals surface area (Å²) in [4.78, 5) is 26.9. The molecule has 0 saturated heterocycles. The van der Waals surface area contributed by atoms with Gasteiger partial charge in [-0.15, -0.1) is 0 Å². The van der Waals surface area contributed by atoms with Crippen molar-refractivity contribution < 1.29 is 15.0 Å². The van der Waals surface area contributed by atoms with Crippen molar-refractivity contribution in [2.75, 3.05) is 0 Å². The zero-order valence-corrected chi connectivity index (χ0v) is 9.70. The number of fused-ring (bicyclic) bond motifs is 1. The highest BCUT2D eigenvalue weighted by Crippen LogP contribution is 2.09. The Morgan fingerprint density at radius 1 is 1.44 bits per heavy atom. The first-order valence-electron chi connectivity index (χ1n) is 5.32. The SMILES string of the molecule is CC(O)(Cn1cnc2ccccc2c1=O)C(=O)O. The molecule has 0 saturated carbocycles. The summed E-state index contributed by atoms with van der Waals surface area (Å²) in [5, 5.41) is 18.9. The van der Waals surface area contributed by atoms with Crippen LogP contribution in [0.15, 0.2) is 35.4 Å². The normalized spacial score (nSPS) is 14.3. The molecule has 0 amide bonds. The molecule has 2 aromatic rings. The predicted molar refractivity (Wildman–Crippen MR) is 64.3 cm³/mol. The van der Waals surface area contributed by atoms with E-state index in [-0.39, 0.29) is 12.1 Å². The van der Waals surface area contributed by atoms with Gasteiger partial charge in [-0.05, 0) is 19.1 Å². The molecule has 0 radical (unpaired) electrons. The Morgan fingerprint density at radius 2 is 2.11 bits per heavy atom. The number of aromatic nitrogens is 2. The zero-order chi connectivity index (χ0) is 13.3. The number of hydrogen-bond acceptors (Lipinski definition) is 4. The lowest BCUT2D eigenvalue weighted by atomic mass is 10.1. The van der Waals surface area contributed by atoms with Crippen LogP contribution >= 0.6 is 0 Å². The van der Waals surface area contributed by atoms with Crippen LogP contribution in [-0.2, 0) is 11.3 Å². The summed E-state index contributed by atoms with van der Waals surface area (Å²) in [5.74, 6) is -1.39. The molecule has 0 fully saturated rings. The molecule has 0 aliphatic rings. The molecule has 1 unspecified atom stereocenters. The average molecular weight is 248 g/mol. The van der Waals surface area contributed by atoms with E-state index in [1.807, 2.05) is 0 Å². The third-order valence-corrected chi connectivity index (χ3v) is 2.67. The van der Waals surface area contributed by atoms with Gasteiger partial charge in [-0.2, -0.15) is 0 Å². The van der Waals surface area contributed by atoms with E-state index in [0.717, 1.165) is 11.5 Å². The fourth-order valence-corrected chi connectivity index (χ4v) is 1.62. The van der Waals surface area contributed by atoms with Crippen molar-refractivity contribution in [3.05, 3.63) is 40.9 Å². The summed E-state index contributed by atoms with van der Waals surface area (Å²) < 4.78 is 1.09. The average Bonchev–Trinajstić information content (AvgIpc) is 2.33. The van der Waals surface area contributed by atoms with E-state index in [4.69, 9.17) is 5.11 Å². The van der Waals surface area contributed by atoms with E-state index >= 15 is 0 Å². The van der Waals surface area contributed by atoms with E-state index in [9.17, 15) is 14.7 Å². The summed E-state index contributed by atoms with van der Waals surface area (Å²) in [5.41, 5.74) is -1.84. The van der Waals surface area contributed by atoms with Crippen molar-refractivity contribution in [2.24, 2.45) is 0 Å². The lowest BCUT2D eigenvalue weighted by Gasteiger charge is -2.18. The number of benzene rings is 1. The quantitative estimate of drug-likeness (QED) is 0.811. The highest BCUT2D eigenvalue weighted by molar-refractivity contribution is 5.78. The minimum Gasteiger partial charge on any atom is -0.479 e. The Labute approximate surface area is 102 Å². The maximum atomic E-state index is 12.0. The number of carbonyl (C=O) groups is 1. The van der Waals surface area contributed by atoms with Gasteiger partial charge in [0.2, 0.25) is 0 Å². The summed E-state index contributed by atoms with van der Waals surface area (Å²) in [6.45, 7) is 0.788. The van der Waals surface area contributed by atoms with Crippen LogP contribution in [-0.4, -0.2) is 31.3 Å². The van der Waals surface area contributed by atoms with Crippen LogP contribution in [0.3, 0.4) is 0 Å². The number of rotatable bonds is 3. The number of aliphatic carboxylic acids is 1. The van der Waals surface area contributed by atoms with Gasteiger partial charge in [-0.1, -0.05) is 12.1 Å². The van der Waals surface area contributed by atoms with E-state index in [1.165, 1.54) is 6.33 Å². The van der Waals surface area contributed by atoms with Crippen LogP contribution in [0.2, 0.25) is 0 Å². The van der Waals surface area contributed by atoms with Gasteiger partial charge < -0.3 is 10.2 Å². The maximum Gasteiger partial charge on any atom is 0.337 e. The molecule has 0 bridgehead atoms. The van der Waals surface area contributed by atoms with Crippen molar-refractivity contribution >= 4 is 16.9 Å². The molecule has 18 heavy (non-hydrogen) atoms. The Kier molecular flexibility index (Phi) is 2.88. The fraction of sp³-hybridized carbons (Fsp3) is 0.250. The highest BCUT2D eigenvalue weighted by atomic mass is 16.4. The number of carboxylic acids is 1. The van der Waals surface area contributed by atoms with Crippen LogP contribution in [0.1, 0.15) is 6.92 Å². The third kappa shape index (κ3) is 2.10. The number of hydrogen-bond donors (Lipinski definition) is 2. The first-order chi connectivity index (χ1) is 8.42. The van der Waals surface area contributed by atoms with Crippen molar-refractivity contribution in [1.29, 1.82) is 0 Å². The minimum absolute atomic E-state index is 0.348. The second kappa shape index (κ2) is 4.23. The first kappa shape index (κ1) is 12.3. The number of aliphatic hydroxyl groups is 1. The Hall–Kier alpha value is -2.21. The van der Waals surface area contributed by atoms with Crippen LogP contribution in [0, 0.1) is 0 Å². The maximum absolute atomic E-state index is 12.0. The van der Waals surface area contributed by atoms with Crippen molar-refractivity contribution in [3.8, 4) is 0 Å². The summed E-state index contributed by atoms with van der Waals surface area (Å²) in [6, 6.07) is 6.75. The second-order valence-electron chi connectivity index (χ2n) is 4.27. The fourth-order valence-electron chi connectivity index (χ4n) is 1.62. The first-order valence-corrected chi connectivity index (χ1v) is 5.32. The Morgan fingerprint density at radius 3 is 2.78 bits per heavy atom. The summed E-state index contributed by atoms with van der Waals surface area (Å²) in [7, 11) is 0. The van der Waals surface area contributed by atoms with Gasteiger partial charge >= 0.3 is 5.97 Å². The van der Waals surface area contributed by atoms with Gasteiger partial charge in [0.15, 0.2) is 5.60 Å². The van der Waals surface area contributed by atoms with E-state index in [0.29, 0.717) is 10.9 Å². The van der Waals surface area contributed by atoms with Crippen LogP contribution < -0.4 is 5.56 Å². The smallest absolute Gasteiger partial charge is 0.337 e. The molecular formula is C12H12N2O4. The summed E-state index contributed by atoms with van der Waals surface area (Å²) in [6.07, 6.45) is 1.24. The monoisotopic (exact) mass is 248 g/mol. The third-order valence-electron chi connectivity index (χ3n) is 2.67. The highest BCUT2D eigenvalue weighted by Gasteiger charge is 2.30. The molecule has 2 N–H and O–H groups in total. The van der Waals surface area contributed by atoms with Crippen molar-refractivity contribution in [1.82, 2.24) is 9.55 Å². The van der Waals surface area contributed by atoms with Crippen molar-refractivity contribution in [2.45, 2.75) is 19.1 Å². The number of nitrogens with zero attached hydrogens (tertiary/aromatic N) is 2. The topological polar surface area (TPSA) is 92.4 Å². The standard InChI is InChI=1S/C12H12N2O4/c1-12(18,11(16)17)6-14-7-13-9-5-3-2-4-8(9)10(14)15/h2-5,7,18H,6H2,1H3,(H,16,17). The van der Waals surface area contributed by atoms with Gasteiger partial charge in [-0.25, -0.2) is 9.78 Å². The Bertz CT molecular complexity index is 660. The Balaban J connectivity index is 2.51. The molecule has 0 aliphatic heterocycles. The zero-order valence-electron chi connectivity index (χ0n) is 9.70. The molecule has 1 atom stereocenters. The molecule has 0 aliphatic carbocycles. The van der Waals surface area contributed by atoms with Gasteiger partial charge in [0.1, 0.15) is 0 Å². The molecule has 1 aromatic carbocycles. The van der Waals surface area contributed by atoms with Gasteiger partial charge in [0, 0.05) is 0 Å². The molecule has 94 valence electrons. The van der Waals surface area contributed by atoms with Gasteiger partial charge in [0.25, 0.3) is 5.56 Å². The molecule has 2 rings (SSSR count). The molecule has 0 spiro atoms. The van der Waals surface area contributed by atoms with Crippen LogP contribution in [0.4, 0.5) is 0 Å². The predicted octanol–water partition coefficient (Wildman–Crippen LogP) is 0.232.